The lowest BCUT2D eigenvalue weighted by atomic mass is 10.4. The van der Waals surface area contributed by atoms with Crippen LogP contribution in [0.25, 0.3) is 0 Å². The van der Waals surface area contributed by atoms with Crippen molar-refractivity contribution in [2.45, 2.75) is 13.0 Å². The smallest absolute Gasteiger partial charge is 0.364 e. The average molecular weight is 308 g/mol. The maximum Gasteiger partial charge on any atom is 0.364 e. The van der Waals surface area contributed by atoms with Gasteiger partial charge in [-0.3, -0.25) is 10.1 Å². The average Bonchev–Trinajstić information content (AvgIpc) is 2.41. The molecule has 1 fully saturated rings. The highest BCUT2D eigenvalue weighted by Gasteiger charge is 2.33. The molecule has 1 saturated heterocycles. The molecule has 1 aromatic rings. The zero-order valence-corrected chi connectivity index (χ0v) is 11.0. The van der Waals surface area contributed by atoms with E-state index in [9.17, 15) is 10.1 Å². The summed E-state index contributed by atoms with van der Waals surface area (Å²) in [6.07, 6.45) is 0. The molecule has 0 unspecified atom stereocenters. The topological polar surface area (TPSA) is 70.2 Å². The van der Waals surface area contributed by atoms with Crippen molar-refractivity contribution < 1.29 is 9.66 Å². The van der Waals surface area contributed by atoms with Gasteiger partial charge in [0, 0.05) is 11.5 Å². The van der Waals surface area contributed by atoms with E-state index in [1.54, 1.807) is 23.4 Å². The summed E-state index contributed by atoms with van der Waals surface area (Å²) in [5.41, 5.74) is -0.0845. The molecule has 0 N–H and O–H groups in total. The molecule has 6 nitrogen and oxygen atoms in total. The van der Waals surface area contributed by atoms with Crippen LogP contribution in [0.5, 0.6) is 5.88 Å². The van der Waals surface area contributed by atoms with Crippen molar-refractivity contribution in [2.24, 2.45) is 0 Å². The Morgan fingerprint density at radius 1 is 1.75 bits per heavy atom. The molecule has 88 valence electrons. The lowest BCUT2D eigenvalue weighted by molar-refractivity contribution is -0.386. The number of ether oxygens (including phenoxy) is 1. The molecule has 0 aliphatic carbocycles. The van der Waals surface area contributed by atoms with E-state index in [1.165, 1.54) is 0 Å². The number of hydrogen-bond acceptors (Lipinski definition) is 5. The predicted molar refractivity (Wildman–Crippen MR) is 64.1 cm³/mol. The molecule has 0 radical (unpaired) electrons. The number of halogens is 1. The van der Waals surface area contributed by atoms with Gasteiger partial charge in [-0.1, -0.05) is 0 Å². The molecule has 0 amide bonds. The van der Waals surface area contributed by atoms with Crippen LogP contribution in [0.3, 0.4) is 0 Å². The number of nitrogens with zero attached hydrogens (tertiary/aromatic N) is 3. The van der Waals surface area contributed by atoms with E-state index in [0.717, 1.165) is 11.5 Å². The number of thioether (sulfide) groups is 1. The minimum Gasteiger partial charge on any atom is -0.473 e. The summed E-state index contributed by atoms with van der Waals surface area (Å²) in [4.78, 5) is 10.4. The standard InChI is InChI=1S/C8H10BrN3O3S/c1-2-15-8-6(12(13)14)7(9)10-11(8)5-3-16-4-5/h5H,2-4H2,1H3. The van der Waals surface area contributed by atoms with E-state index < -0.39 is 4.92 Å². The van der Waals surface area contributed by atoms with Gasteiger partial charge in [0.05, 0.1) is 17.6 Å². The highest BCUT2D eigenvalue weighted by Crippen LogP contribution is 2.40. The Hall–Kier alpha value is -0.760. The third-order valence-electron chi connectivity index (χ3n) is 2.23. The van der Waals surface area contributed by atoms with Crippen LogP contribution in [-0.2, 0) is 0 Å². The largest absolute Gasteiger partial charge is 0.473 e. The molecule has 2 rings (SSSR count). The molecule has 0 aromatic carbocycles. The van der Waals surface area contributed by atoms with Gasteiger partial charge in [0.1, 0.15) is 0 Å². The molecule has 2 heterocycles. The molecule has 1 aliphatic heterocycles. The SMILES string of the molecule is CCOc1c([N+](=O)[O-])c(Br)nn1C1CSC1. The van der Waals surface area contributed by atoms with Gasteiger partial charge < -0.3 is 4.74 Å². The van der Waals surface area contributed by atoms with Crippen molar-refractivity contribution in [3.05, 3.63) is 14.7 Å². The Balaban J connectivity index is 2.43. The molecule has 8 heteroatoms. The van der Waals surface area contributed by atoms with Crippen LogP contribution in [0.2, 0.25) is 0 Å². The number of nitro groups is 1. The van der Waals surface area contributed by atoms with Crippen molar-refractivity contribution in [1.29, 1.82) is 0 Å². The summed E-state index contributed by atoms with van der Waals surface area (Å²) in [5.74, 6) is 2.10. The summed E-state index contributed by atoms with van der Waals surface area (Å²) in [6, 6.07) is 0.205. The molecule has 16 heavy (non-hydrogen) atoms. The van der Waals surface area contributed by atoms with Gasteiger partial charge in [-0.25, -0.2) is 4.68 Å². The lowest BCUT2D eigenvalue weighted by Crippen LogP contribution is -2.24. The number of hydrogen-bond donors (Lipinski definition) is 0. The van der Waals surface area contributed by atoms with Crippen LogP contribution < -0.4 is 4.74 Å². The maximum absolute atomic E-state index is 10.9. The molecular weight excluding hydrogens is 298 g/mol. The maximum atomic E-state index is 10.9. The van der Waals surface area contributed by atoms with Gasteiger partial charge in [-0.05, 0) is 22.9 Å². The van der Waals surface area contributed by atoms with Gasteiger partial charge in [0.25, 0.3) is 5.88 Å². The Bertz CT molecular complexity index is 419. The van der Waals surface area contributed by atoms with Gasteiger partial charge in [-0.2, -0.15) is 16.9 Å². The van der Waals surface area contributed by atoms with E-state index in [-0.39, 0.29) is 22.2 Å². The normalized spacial score (nSPS) is 15.9. The first-order valence-electron chi connectivity index (χ1n) is 4.78. The lowest BCUT2D eigenvalue weighted by Gasteiger charge is -2.25. The van der Waals surface area contributed by atoms with Crippen LogP contribution >= 0.6 is 27.7 Å². The van der Waals surface area contributed by atoms with Crippen LogP contribution in [-0.4, -0.2) is 32.8 Å². The van der Waals surface area contributed by atoms with Crippen LogP contribution in [0.1, 0.15) is 13.0 Å². The fourth-order valence-electron chi connectivity index (χ4n) is 1.42. The second-order valence-corrected chi connectivity index (χ2v) is 5.10. The van der Waals surface area contributed by atoms with Crippen molar-refractivity contribution in [3.8, 4) is 5.88 Å². The van der Waals surface area contributed by atoms with Crippen LogP contribution in [0.15, 0.2) is 4.60 Å². The summed E-state index contributed by atoms with van der Waals surface area (Å²) >= 11 is 4.89. The second kappa shape index (κ2) is 4.62. The minimum absolute atomic E-state index is 0.0845. The fourth-order valence-corrected chi connectivity index (χ4v) is 2.63. The van der Waals surface area contributed by atoms with Crippen molar-refractivity contribution >= 4 is 33.4 Å². The molecule has 0 atom stereocenters. The Morgan fingerprint density at radius 3 is 2.88 bits per heavy atom. The summed E-state index contributed by atoms with van der Waals surface area (Å²) < 4.78 is 7.17. The van der Waals surface area contributed by atoms with Crippen molar-refractivity contribution in [3.63, 3.8) is 0 Å². The summed E-state index contributed by atoms with van der Waals surface area (Å²) in [7, 11) is 0. The first-order valence-corrected chi connectivity index (χ1v) is 6.72. The first kappa shape index (κ1) is 11.7. The molecule has 1 aromatic heterocycles. The first-order chi connectivity index (χ1) is 7.65. The third kappa shape index (κ3) is 1.91. The quantitative estimate of drug-likeness (QED) is 0.630. The van der Waals surface area contributed by atoms with E-state index in [1.807, 2.05) is 0 Å². The molecule has 0 saturated carbocycles. The Kier molecular flexibility index (Phi) is 3.38. The predicted octanol–water partition coefficient (Wildman–Crippen LogP) is 2.24. The van der Waals surface area contributed by atoms with Crippen LogP contribution in [0.4, 0.5) is 5.69 Å². The van der Waals surface area contributed by atoms with E-state index in [4.69, 9.17) is 4.74 Å². The third-order valence-corrected chi connectivity index (χ3v) is 4.01. The zero-order valence-electron chi connectivity index (χ0n) is 8.55. The van der Waals surface area contributed by atoms with E-state index >= 15 is 0 Å². The highest BCUT2D eigenvalue weighted by atomic mass is 79.9. The van der Waals surface area contributed by atoms with Crippen LogP contribution in [0, 0.1) is 10.1 Å². The van der Waals surface area contributed by atoms with Crippen molar-refractivity contribution in [2.75, 3.05) is 18.1 Å². The molecule has 1 aliphatic rings. The highest BCUT2D eigenvalue weighted by molar-refractivity contribution is 9.10. The monoisotopic (exact) mass is 307 g/mol. The van der Waals surface area contributed by atoms with E-state index in [0.29, 0.717) is 6.61 Å². The van der Waals surface area contributed by atoms with Gasteiger partial charge in [-0.15, -0.1) is 0 Å². The summed E-state index contributed by atoms with van der Waals surface area (Å²) in [6.45, 7) is 2.18. The molecule has 0 bridgehead atoms. The Morgan fingerprint density at radius 2 is 2.44 bits per heavy atom. The summed E-state index contributed by atoms with van der Waals surface area (Å²) in [5, 5.41) is 15.0. The number of rotatable bonds is 4. The fraction of sp³-hybridized carbons (Fsp3) is 0.625. The molecule has 0 spiro atoms. The minimum atomic E-state index is -0.468. The Labute approximate surface area is 105 Å². The molecular formula is C8H10BrN3O3S. The van der Waals surface area contributed by atoms with Gasteiger partial charge in [0.2, 0.25) is 4.60 Å². The van der Waals surface area contributed by atoms with Gasteiger partial charge >= 0.3 is 5.69 Å². The number of aromatic nitrogens is 2. The van der Waals surface area contributed by atoms with Gasteiger partial charge in [0.15, 0.2) is 0 Å². The zero-order chi connectivity index (χ0) is 11.7. The second-order valence-electron chi connectivity index (χ2n) is 3.27. The van der Waals surface area contributed by atoms with Crippen molar-refractivity contribution in [1.82, 2.24) is 9.78 Å². The van der Waals surface area contributed by atoms with E-state index in [2.05, 4.69) is 21.0 Å².